The zero-order chi connectivity index (χ0) is 21.5. The number of aliphatic hydroxyl groups excluding tert-OH is 1. The molecule has 31 heavy (non-hydrogen) atoms. The Labute approximate surface area is 194 Å². The van der Waals surface area contributed by atoms with Crippen LogP contribution in [0.15, 0.2) is 66.7 Å². The lowest BCUT2D eigenvalue weighted by molar-refractivity contribution is 0.0697. The Bertz CT molecular complexity index is 1010. The number of carbonyl (C=O) groups is 1. The van der Waals surface area contributed by atoms with Crippen LogP contribution >= 0.6 is 24.0 Å². The molecule has 4 nitrogen and oxygen atoms in total. The molecule has 6 heteroatoms. The predicted molar refractivity (Wildman–Crippen MR) is 128 cm³/mol. The molecule has 3 aromatic rings. The highest BCUT2D eigenvalue weighted by Gasteiger charge is 2.08. The number of aromatic carboxylic acids is 1. The first-order valence-electron chi connectivity index (χ1n) is 10.0. The third-order valence-electron chi connectivity index (χ3n) is 5.13. The number of aliphatic hydroxyl groups is 1. The molecule has 0 spiro atoms. The highest BCUT2D eigenvalue weighted by molar-refractivity contribution is 6.30. The zero-order valence-electron chi connectivity index (χ0n) is 17.3. The maximum Gasteiger partial charge on any atom is 0.335 e. The van der Waals surface area contributed by atoms with E-state index in [9.17, 15) is 9.90 Å². The van der Waals surface area contributed by atoms with E-state index in [0.717, 1.165) is 41.6 Å². The summed E-state index contributed by atoms with van der Waals surface area (Å²) in [5.41, 5.74) is 5.44. The van der Waals surface area contributed by atoms with Gasteiger partial charge in [0.1, 0.15) is 0 Å². The summed E-state index contributed by atoms with van der Waals surface area (Å²) in [5.74, 6) is -0.909. The average molecular weight is 460 g/mol. The van der Waals surface area contributed by atoms with Crippen molar-refractivity contribution >= 4 is 30.0 Å². The van der Waals surface area contributed by atoms with Crippen molar-refractivity contribution in [2.45, 2.75) is 25.9 Å². The van der Waals surface area contributed by atoms with Gasteiger partial charge in [0.2, 0.25) is 0 Å². The van der Waals surface area contributed by atoms with Crippen molar-refractivity contribution in [1.82, 2.24) is 5.32 Å². The molecular weight excluding hydrogens is 433 g/mol. The van der Waals surface area contributed by atoms with Gasteiger partial charge >= 0.3 is 5.97 Å². The SMILES string of the molecule is Cc1cc(C(=O)O)ccc1-c1ccc(CCCNC[C@H](O)c2cccc(Cl)c2)cc1.Cl. The highest BCUT2D eigenvalue weighted by atomic mass is 35.5. The Morgan fingerprint density at radius 1 is 1.06 bits per heavy atom. The van der Waals surface area contributed by atoms with E-state index in [4.69, 9.17) is 16.7 Å². The molecule has 0 heterocycles. The molecule has 0 unspecified atom stereocenters. The molecule has 0 saturated carbocycles. The van der Waals surface area contributed by atoms with Gasteiger partial charge < -0.3 is 15.5 Å². The predicted octanol–water partition coefficient (Wildman–Crippen LogP) is 5.69. The van der Waals surface area contributed by atoms with Crippen LogP contribution in [0, 0.1) is 6.92 Å². The Hall–Kier alpha value is -2.37. The van der Waals surface area contributed by atoms with Crippen LogP contribution in [0.2, 0.25) is 5.02 Å². The topological polar surface area (TPSA) is 69.6 Å². The van der Waals surface area contributed by atoms with E-state index in [0.29, 0.717) is 17.1 Å². The van der Waals surface area contributed by atoms with Gasteiger partial charge in [-0.2, -0.15) is 0 Å². The van der Waals surface area contributed by atoms with E-state index in [1.807, 2.05) is 25.1 Å². The largest absolute Gasteiger partial charge is 0.478 e. The minimum Gasteiger partial charge on any atom is -0.478 e. The number of halogens is 2. The summed E-state index contributed by atoms with van der Waals surface area (Å²) in [6.45, 7) is 3.24. The average Bonchev–Trinajstić information content (AvgIpc) is 2.74. The summed E-state index contributed by atoms with van der Waals surface area (Å²) in [7, 11) is 0. The summed E-state index contributed by atoms with van der Waals surface area (Å²) in [6, 6.07) is 20.9. The minimum atomic E-state index is -0.909. The lowest BCUT2D eigenvalue weighted by atomic mass is 9.97. The molecule has 0 aromatic heterocycles. The zero-order valence-corrected chi connectivity index (χ0v) is 18.9. The fraction of sp³-hybridized carbons (Fsp3) is 0.240. The normalized spacial score (nSPS) is 11.6. The van der Waals surface area contributed by atoms with Gasteiger partial charge in [0.05, 0.1) is 11.7 Å². The number of benzene rings is 3. The van der Waals surface area contributed by atoms with E-state index in [1.54, 1.807) is 24.3 Å². The molecule has 0 amide bonds. The van der Waals surface area contributed by atoms with E-state index >= 15 is 0 Å². The number of rotatable bonds is 9. The van der Waals surface area contributed by atoms with Gasteiger partial charge in [0.25, 0.3) is 0 Å². The molecule has 0 aliphatic rings. The number of carboxylic acid groups (broad SMARTS) is 1. The fourth-order valence-electron chi connectivity index (χ4n) is 3.46. The minimum absolute atomic E-state index is 0. The first-order valence-corrected chi connectivity index (χ1v) is 10.4. The van der Waals surface area contributed by atoms with Crippen molar-refractivity contribution in [3.05, 3.63) is 94.0 Å². The maximum atomic E-state index is 11.1. The number of nitrogens with one attached hydrogen (secondary N) is 1. The van der Waals surface area contributed by atoms with Crippen molar-refractivity contribution < 1.29 is 15.0 Å². The van der Waals surface area contributed by atoms with Crippen molar-refractivity contribution in [3.8, 4) is 11.1 Å². The number of aryl methyl sites for hydroxylation is 2. The highest BCUT2D eigenvalue weighted by Crippen LogP contribution is 2.25. The third kappa shape index (κ3) is 7.08. The molecule has 0 bridgehead atoms. The molecule has 3 aromatic carbocycles. The summed E-state index contributed by atoms with van der Waals surface area (Å²) in [4.78, 5) is 11.1. The Balaban J connectivity index is 0.00000341. The molecule has 0 aliphatic carbocycles. The van der Waals surface area contributed by atoms with Gasteiger partial charge in [-0.25, -0.2) is 4.79 Å². The molecule has 164 valence electrons. The van der Waals surface area contributed by atoms with Crippen molar-refractivity contribution in [2.75, 3.05) is 13.1 Å². The maximum absolute atomic E-state index is 11.1. The summed E-state index contributed by atoms with van der Waals surface area (Å²) < 4.78 is 0. The molecule has 3 rings (SSSR count). The van der Waals surface area contributed by atoms with Crippen molar-refractivity contribution in [3.63, 3.8) is 0 Å². The van der Waals surface area contributed by atoms with Gasteiger partial charge in [-0.1, -0.05) is 54.1 Å². The Kier molecular flexibility index (Phi) is 9.53. The monoisotopic (exact) mass is 459 g/mol. The van der Waals surface area contributed by atoms with Crippen LogP contribution in [0.25, 0.3) is 11.1 Å². The van der Waals surface area contributed by atoms with Crippen LogP contribution in [0.4, 0.5) is 0 Å². The van der Waals surface area contributed by atoms with E-state index in [-0.39, 0.29) is 12.4 Å². The lowest BCUT2D eigenvalue weighted by Crippen LogP contribution is -2.22. The standard InChI is InChI=1S/C25H26ClNO3.ClH/c1-17-14-21(25(29)30)11-12-23(17)19-9-7-18(8-10-19)4-3-13-27-16-24(28)20-5-2-6-22(26)15-20;/h2,5-12,14-15,24,27-28H,3-4,13,16H2,1H3,(H,29,30);1H/t24-;/m0./s1. The first-order chi connectivity index (χ1) is 14.4. The summed E-state index contributed by atoms with van der Waals surface area (Å²) in [5, 5.41) is 23.2. The second kappa shape index (κ2) is 11.9. The summed E-state index contributed by atoms with van der Waals surface area (Å²) >= 11 is 5.96. The van der Waals surface area contributed by atoms with Gasteiger partial charge in [-0.05, 0) is 78.4 Å². The lowest BCUT2D eigenvalue weighted by Gasteiger charge is -2.12. The molecule has 0 fully saturated rings. The second-order valence-corrected chi connectivity index (χ2v) is 7.85. The molecule has 3 N–H and O–H groups in total. The quantitative estimate of drug-likeness (QED) is 0.359. The van der Waals surface area contributed by atoms with Crippen LogP contribution < -0.4 is 5.32 Å². The van der Waals surface area contributed by atoms with Gasteiger partial charge in [-0.3, -0.25) is 0 Å². The van der Waals surface area contributed by atoms with Crippen LogP contribution in [-0.2, 0) is 6.42 Å². The third-order valence-corrected chi connectivity index (χ3v) is 5.36. The molecular formula is C25H27Cl2NO3. The van der Waals surface area contributed by atoms with Crippen LogP contribution in [-0.4, -0.2) is 29.3 Å². The molecule has 0 radical (unpaired) electrons. The van der Waals surface area contributed by atoms with Crippen LogP contribution in [0.3, 0.4) is 0 Å². The number of carboxylic acids is 1. The smallest absolute Gasteiger partial charge is 0.335 e. The number of hydrogen-bond acceptors (Lipinski definition) is 3. The van der Waals surface area contributed by atoms with Crippen LogP contribution in [0.1, 0.15) is 39.6 Å². The Morgan fingerprint density at radius 2 is 1.81 bits per heavy atom. The van der Waals surface area contributed by atoms with E-state index in [2.05, 4.69) is 29.6 Å². The first kappa shape index (κ1) is 24.9. The molecule has 1 atom stereocenters. The Morgan fingerprint density at radius 3 is 2.45 bits per heavy atom. The van der Waals surface area contributed by atoms with Gasteiger partial charge in [0, 0.05) is 11.6 Å². The van der Waals surface area contributed by atoms with Crippen molar-refractivity contribution in [1.29, 1.82) is 0 Å². The fourth-order valence-corrected chi connectivity index (χ4v) is 3.66. The number of hydrogen-bond donors (Lipinski definition) is 3. The summed E-state index contributed by atoms with van der Waals surface area (Å²) in [6.07, 6.45) is 1.34. The molecule has 0 aliphatic heterocycles. The van der Waals surface area contributed by atoms with Crippen LogP contribution in [0.5, 0.6) is 0 Å². The van der Waals surface area contributed by atoms with Gasteiger partial charge in [0.15, 0.2) is 0 Å². The molecule has 0 saturated heterocycles. The van der Waals surface area contributed by atoms with Crippen molar-refractivity contribution in [2.24, 2.45) is 0 Å². The second-order valence-electron chi connectivity index (χ2n) is 7.41. The van der Waals surface area contributed by atoms with E-state index in [1.165, 1.54) is 5.56 Å². The van der Waals surface area contributed by atoms with E-state index < -0.39 is 12.1 Å². The van der Waals surface area contributed by atoms with Gasteiger partial charge in [-0.15, -0.1) is 12.4 Å².